The summed E-state index contributed by atoms with van der Waals surface area (Å²) < 4.78 is 4.67. The second-order valence-corrected chi connectivity index (χ2v) is 3.81. The number of ether oxygens (including phenoxy) is 1. The molecule has 1 fully saturated rings. The number of methoxy groups -OCH3 is 1. The van der Waals surface area contributed by atoms with E-state index >= 15 is 0 Å². The minimum atomic E-state index is -0.313. The highest BCUT2D eigenvalue weighted by Crippen LogP contribution is 2.11. The lowest BCUT2D eigenvalue weighted by Crippen LogP contribution is -2.43. The van der Waals surface area contributed by atoms with E-state index < -0.39 is 0 Å². The van der Waals surface area contributed by atoms with Crippen molar-refractivity contribution in [3.8, 4) is 0 Å². The first-order chi connectivity index (χ1) is 7.13. The van der Waals surface area contributed by atoms with Crippen molar-refractivity contribution >= 4 is 12.0 Å². The third-order valence-corrected chi connectivity index (χ3v) is 2.51. The standard InChI is InChI=1S/C10H18N2O3/c1-8(13)11-9-5-3-4-6-12(7-9)10(14)15-2/h9H,3-7H2,1-2H3,(H,11,13). The number of likely N-dealkylation sites (tertiary alicyclic amines) is 1. The lowest BCUT2D eigenvalue weighted by Gasteiger charge is -2.23. The molecule has 1 aliphatic rings. The van der Waals surface area contributed by atoms with Gasteiger partial charge in [0, 0.05) is 26.1 Å². The second kappa shape index (κ2) is 5.58. The van der Waals surface area contributed by atoms with Crippen LogP contribution in [0.2, 0.25) is 0 Å². The number of hydrogen-bond acceptors (Lipinski definition) is 3. The predicted octanol–water partition coefficient (Wildman–Crippen LogP) is 0.743. The summed E-state index contributed by atoms with van der Waals surface area (Å²) in [6.07, 6.45) is 2.60. The van der Waals surface area contributed by atoms with Crippen molar-refractivity contribution in [3.05, 3.63) is 0 Å². The molecule has 1 unspecified atom stereocenters. The summed E-state index contributed by atoms with van der Waals surface area (Å²) in [4.78, 5) is 23.9. The van der Waals surface area contributed by atoms with Crippen LogP contribution in [0.4, 0.5) is 4.79 Å². The van der Waals surface area contributed by atoms with Gasteiger partial charge in [-0.05, 0) is 19.3 Å². The van der Waals surface area contributed by atoms with Gasteiger partial charge < -0.3 is 15.0 Å². The van der Waals surface area contributed by atoms with Crippen LogP contribution in [0.1, 0.15) is 26.2 Å². The van der Waals surface area contributed by atoms with E-state index in [1.54, 1.807) is 4.90 Å². The summed E-state index contributed by atoms with van der Waals surface area (Å²) >= 11 is 0. The Morgan fingerprint density at radius 1 is 1.40 bits per heavy atom. The fraction of sp³-hybridized carbons (Fsp3) is 0.800. The molecule has 1 atom stereocenters. The molecule has 5 nitrogen and oxygen atoms in total. The first-order valence-corrected chi connectivity index (χ1v) is 5.23. The molecule has 1 N–H and O–H groups in total. The van der Waals surface area contributed by atoms with Gasteiger partial charge in [-0.2, -0.15) is 0 Å². The Kier molecular flexibility index (Phi) is 4.39. The van der Waals surface area contributed by atoms with E-state index in [2.05, 4.69) is 10.1 Å². The molecule has 0 aromatic heterocycles. The van der Waals surface area contributed by atoms with Crippen molar-refractivity contribution in [2.45, 2.75) is 32.2 Å². The lowest BCUT2D eigenvalue weighted by molar-refractivity contribution is -0.119. The Bertz CT molecular complexity index is 243. The van der Waals surface area contributed by atoms with Gasteiger partial charge in [-0.15, -0.1) is 0 Å². The van der Waals surface area contributed by atoms with Gasteiger partial charge in [-0.25, -0.2) is 4.79 Å². The molecule has 1 rings (SSSR count). The van der Waals surface area contributed by atoms with Gasteiger partial charge in [-0.1, -0.05) is 0 Å². The van der Waals surface area contributed by atoms with Crippen molar-refractivity contribution in [2.24, 2.45) is 0 Å². The zero-order valence-corrected chi connectivity index (χ0v) is 9.28. The average molecular weight is 214 g/mol. The van der Waals surface area contributed by atoms with Crippen LogP contribution < -0.4 is 5.32 Å². The van der Waals surface area contributed by atoms with Crippen molar-refractivity contribution in [1.29, 1.82) is 0 Å². The fourth-order valence-corrected chi connectivity index (χ4v) is 1.84. The van der Waals surface area contributed by atoms with Crippen LogP contribution in [0.15, 0.2) is 0 Å². The van der Waals surface area contributed by atoms with Crippen LogP contribution in [0.25, 0.3) is 0 Å². The average Bonchev–Trinajstić information content (AvgIpc) is 2.41. The summed E-state index contributed by atoms with van der Waals surface area (Å²) in [6.45, 7) is 2.75. The number of nitrogens with zero attached hydrogens (tertiary/aromatic N) is 1. The molecule has 0 aliphatic carbocycles. The molecule has 0 radical (unpaired) electrons. The Morgan fingerprint density at radius 2 is 2.13 bits per heavy atom. The Labute approximate surface area is 89.8 Å². The Morgan fingerprint density at radius 3 is 2.73 bits per heavy atom. The summed E-state index contributed by atoms with van der Waals surface area (Å²) in [5.41, 5.74) is 0. The Hall–Kier alpha value is -1.26. The fourth-order valence-electron chi connectivity index (χ4n) is 1.84. The first-order valence-electron chi connectivity index (χ1n) is 5.23. The van der Waals surface area contributed by atoms with Gasteiger partial charge in [0.25, 0.3) is 0 Å². The molecule has 0 spiro atoms. The highest BCUT2D eigenvalue weighted by Gasteiger charge is 2.22. The summed E-state index contributed by atoms with van der Waals surface area (Å²) in [7, 11) is 1.38. The third-order valence-electron chi connectivity index (χ3n) is 2.51. The second-order valence-electron chi connectivity index (χ2n) is 3.81. The Balaban J connectivity index is 2.52. The number of nitrogens with one attached hydrogen (secondary N) is 1. The van der Waals surface area contributed by atoms with Crippen LogP contribution in [0.5, 0.6) is 0 Å². The van der Waals surface area contributed by atoms with Gasteiger partial charge in [0.15, 0.2) is 0 Å². The highest BCUT2D eigenvalue weighted by molar-refractivity contribution is 5.73. The van der Waals surface area contributed by atoms with Crippen LogP contribution in [-0.4, -0.2) is 43.1 Å². The molecule has 0 saturated carbocycles. The normalized spacial score (nSPS) is 21.7. The van der Waals surface area contributed by atoms with Crippen molar-refractivity contribution in [2.75, 3.05) is 20.2 Å². The van der Waals surface area contributed by atoms with Crippen molar-refractivity contribution in [3.63, 3.8) is 0 Å². The maximum atomic E-state index is 11.3. The maximum Gasteiger partial charge on any atom is 0.409 e. The number of rotatable bonds is 1. The minimum absolute atomic E-state index is 0.0493. The molecule has 2 amide bonds. The molecule has 86 valence electrons. The van der Waals surface area contributed by atoms with Gasteiger partial charge in [0.2, 0.25) is 5.91 Å². The van der Waals surface area contributed by atoms with Crippen LogP contribution in [0.3, 0.4) is 0 Å². The zero-order valence-electron chi connectivity index (χ0n) is 9.28. The molecule has 1 heterocycles. The van der Waals surface area contributed by atoms with Gasteiger partial charge in [0.05, 0.1) is 7.11 Å². The number of amides is 2. The van der Waals surface area contributed by atoms with E-state index in [0.717, 1.165) is 19.3 Å². The summed E-state index contributed by atoms with van der Waals surface area (Å²) in [6, 6.07) is 0.0594. The van der Waals surface area contributed by atoms with E-state index in [-0.39, 0.29) is 18.0 Å². The third kappa shape index (κ3) is 3.77. The van der Waals surface area contributed by atoms with E-state index in [1.165, 1.54) is 14.0 Å². The number of carbonyl (C=O) groups excluding carboxylic acids is 2. The molecule has 0 aromatic carbocycles. The van der Waals surface area contributed by atoms with E-state index in [9.17, 15) is 9.59 Å². The predicted molar refractivity (Wildman–Crippen MR) is 55.4 cm³/mol. The maximum absolute atomic E-state index is 11.3. The molecule has 15 heavy (non-hydrogen) atoms. The SMILES string of the molecule is COC(=O)N1CCCCC(NC(C)=O)C1. The highest BCUT2D eigenvalue weighted by atomic mass is 16.5. The number of carbonyl (C=O) groups is 2. The molecule has 1 saturated heterocycles. The van der Waals surface area contributed by atoms with E-state index in [0.29, 0.717) is 13.1 Å². The molecular weight excluding hydrogens is 196 g/mol. The molecular formula is C10H18N2O3. The smallest absolute Gasteiger partial charge is 0.409 e. The minimum Gasteiger partial charge on any atom is -0.453 e. The molecule has 0 bridgehead atoms. The van der Waals surface area contributed by atoms with Crippen LogP contribution >= 0.6 is 0 Å². The van der Waals surface area contributed by atoms with Crippen molar-refractivity contribution in [1.82, 2.24) is 10.2 Å². The monoisotopic (exact) mass is 214 g/mol. The van der Waals surface area contributed by atoms with Gasteiger partial charge in [0.1, 0.15) is 0 Å². The van der Waals surface area contributed by atoms with E-state index in [4.69, 9.17) is 0 Å². The van der Waals surface area contributed by atoms with E-state index in [1.807, 2.05) is 0 Å². The quantitative estimate of drug-likeness (QED) is 0.700. The molecule has 1 aliphatic heterocycles. The summed E-state index contributed by atoms with van der Waals surface area (Å²) in [5, 5.41) is 2.84. The lowest BCUT2D eigenvalue weighted by atomic mass is 10.1. The number of hydrogen-bond donors (Lipinski definition) is 1. The van der Waals surface area contributed by atoms with Crippen LogP contribution in [-0.2, 0) is 9.53 Å². The molecule has 0 aromatic rings. The van der Waals surface area contributed by atoms with Crippen molar-refractivity contribution < 1.29 is 14.3 Å². The zero-order chi connectivity index (χ0) is 11.3. The topological polar surface area (TPSA) is 58.6 Å². The summed E-state index contributed by atoms with van der Waals surface area (Å²) in [5.74, 6) is -0.0493. The van der Waals surface area contributed by atoms with Crippen LogP contribution in [0, 0.1) is 0 Å². The largest absolute Gasteiger partial charge is 0.453 e. The first kappa shape index (κ1) is 11.8. The van der Waals surface area contributed by atoms with Gasteiger partial charge in [-0.3, -0.25) is 4.79 Å². The molecule has 5 heteroatoms. The van der Waals surface area contributed by atoms with Gasteiger partial charge >= 0.3 is 6.09 Å².